The number of aliphatic carboxylic acids is 2. The Kier molecular flexibility index (Phi) is 15.8. The van der Waals surface area contributed by atoms with E-state index >= 15 is 0 Å². The molecule has 1 aliphatic heterocycles. The van der Waals surface area contributed by atoms with Gasteiger partial charge >= 0.3 is 11.9 Å². The summed E-state index contributed by atoms with van der Waals surface area (Å²) in [4.78, 5) is 48.3. The Labute approximate surface area is 303 Å². The summed E-state index contributed by atoms with van der Waals surface area (Å²) in [5.74, 6) is -1.82. The lowest BCUT2D eigenvalue weighted by Gasteiger charge is -2.34. The van der Waals surface area contributed by atoms with Crippen LogP contribution in [0.4, 0.5) is 11.8 Å². The molecule has 1 aromatic carbocycles. The van der Waals surface area contributed by atoms with E-state index in [1.54, 1.807) is 0 Å². The third-order valence-electron chi connectivity index (χ3n) is 8.86. The molecule has 3 heterocycles. The van der Waals surface area contributed by atoms with E-state index in [0.717, 1.165) is 93.7 Å². The van der Waals surface area contributed by atoms with Gasteiger partial charge in [-0.15, -0.1) is 11.8 Å². The van der Waals surface area contributed by atoms with Crippen molar-refractivity contribution in [2.75, 3.05) is 75.8 Å². The lowest BCUT2D eigenvalue weighted by atomic mass is 10.0. The van der Waals surface area contributed by atoms with Gasteiger partial charge in [-0.3, -0.25) is 24.2 Å². The summed E-state index contributed by atoms with van der Waals surface area (Å²) >= 11 is 0.927. The number of benzene rings is 1. The number of carbonyl (C=O) groups is 3. The second kappa shape index (κ2) is 20.2. The van der Waals surface area contributed by atoms with Gasteiger partial charge in [0.05, 0.1) is 30.4 Å². The van der Waals surface area contributed by atoms with Gasteiger partial charge in [-0.1, -0.05) is 38.0 Å². The molecule has 3 aromatic rings. The molecule has 1 unspecified atom stereocenters. The van der Waals surface area contributed by atoms with Crippen LogP contribution in [0, 0.1) is 6.92 Å². The fourth-order valence-corrected chi connectivity index (χ4v) is 7.02. The van der Waals surface area contributed by atoms with E-state index < -0.39 is 35.6 Å². The average molecular weight is 728 g/mol. The summed E-state index contributed by atoms with van der Waals surface area (Å²) in [5, 5.41) is 23.3. The topological polar surface area (TPSA) is 214 Å². The van der Waals surface area contributed by atoms with E-state index in [1.807, 2.05) is 6.07 Å². The molecule has 0 radical (unpaired) electrons. The lowest BCUT2D eigenvalue weighted by molar-refractivity contribution is -0.138. The number of carboxylic acids is 2. The fourth-order valence-electron chi connectivity index (χ4n) is 5.94. The number of amides is 1. The Morgan fingerprint density at radius 3 is 2.49 bits per heavy atom. The second-order valence-electron chi connectivity index (χ2n) is 12.9. The van der Waals surface area contributed by atoms with Gasteiger partial charge in [0.15, 0.2) is 5.82 Å². The Morgan fingerprint density at radius 2 is 1.78 bits per heavy atom. The predicted molar refractivity (Wildman–Crippen MR) is 200 cm³/mol. The van der Waals surface area contributed by atoms with Gasteiger partial charge in [-0.2, -0.15) is 4.98 Å². The quantitative estimate of drug-likeness (QED) is 0.0820. The van der Waals surface area contributed by atoms with Crippen LogP contribution in [0.5, 0.6) is 0 Å². The van der Waals surface area contributed by atoms with Gasteiger partial charge in [-0.05, 0) is 36.1 Å². The first-order valence-corrected chi connectivity index (χ1v) is 18.7. The molecule has 51 heavy (non-hydrogen) atoms. The number of fused-ring (bicyclic) bond motifs is 1. The minimum Gasteiger partial charge on any atom is -0.481 e. The standard InChI is InChI=1S/C35H53N9O6S/c1-3-4-5-9-38-32-31-28(40-35(37)41-32)8-11-44(31)22-26-7-6-25(19-24(26)2)21-43-14-12-42(13-15-43)16-18-50-17-10-39-33(47)29(20-30(45)46)51-23-27(36)34(48)49/h6-8,11,19,27,29H,3-5,9-10,12-18,20-23,36H2,1-2H3,(H,39,47)(H,45,46)(H,48,49)(H3,37,38,40,41)/t27-,29?/m0/s1. The maximum Gasteiger partial charge on any atom is 0.321 e. The Balaban J connectivity index is 1.16. The van der Waals surface area contributed by atoms with Crippen molar-refractivity contribution < 1.29 is 29.3 Å². The van der Waals surface area contributed by atoms with E-state index in [1.165, 1.54) is 16.7 Å². The first-order valence-electron chi connectivity index (χ1n) is 17.6. The zero-order chi connectivity index (χ0) is 36.8. The zero-order valence-electron chi connectivity index (χ0n) is 29.7. The van der Waals surface area contributed by atoms with Gasteiger partial charge in [0, 0.05) is 70.9 Å². The smallest absolute Gasteiger partial charge is 0.321 e. The number of carboxylic acid groups (broad SMARTS) is 2. The number of thioether (sulfide) groups is 1. The fraction of sp³-hybridized carbons (Fsp3) is 0.571. The van der Waals surface area contributed by atoms with E-state index in [2.05, 4.69) is 73.2 Å². The number of hydrogen-bond donors (Lipinski definition) is 6. The molecule has 16 heteroatoms. The van der Waals surface area contributed by atoms with Crippen LogP contribution in [-0.2, 0) is 32.2 Å². The van der Waals surface area contributed by atoms with Gasteiger partial charge in [0.2, 0.25) is 11.9 Å². The molecule has 0 bridgehead atoms. The van der Waals surface area contributed by atoms with Crippen molar-refractivity contribution in [3.05, 3.63) is 47.2 Å². The molecule has 2 aromatic heterocycles. The maximum absolute atomic E-state index is 12.4. The number of anilines is 2. The molecule has 0 aliphatic carbocycles. The van der Waals surface area contributed by atoms with Crippen LogP contribution in [0.3, 0.4) is 0 Å². The molecule has 0 saturated carbocycles. The molecule has 2 atom stereocenters. The number of hydrogen-bond acceptors (Lipinski definition) is 12. The number of nitrogens with one attached hydrogen (secondary N) is 2. The number of rotatable bonds is 22. The van der Waals surface area contributed by atoms with Gasteiger partial charge in [-0.25, -0.2) is 4.98 Å². The van der Waals surface area contributed by atoms with Crippen molar-refractivity contribution >= 4 is 52.4 Å². The molecule has 8 N–H and O–H groups in total. The highest BCUT2D eigenvalue weighted by Crippen LogP contribution is 2.25. The third kappa shape index (κ3) is 12.6. The number of nitrogen functional groups attached to an aromatic ring is 1. The minimum absolute atomic E-state index is 0.0608. The van der Waals surface area contributed by atoms with E-state index in [9.17, 15) is 14.4 Å². The summed E-state index contributed by atoms with van der Waals surface area (Å²) in [5.41, 5.74) is 17.1. The zero-order valence-corrected chi connectivity index (χ0v) is 30.5. The lowest BCUT2D eigenvalue weighted by Crippen LogP contribution is -2.46. The summed E-state index contributed by atoms with van der Waals surface area (Å²) in [6.45, 7) is 12.4. The largest absolute Gasteiger partial charge is 0.481 e. The van der Waals surface area contributed by atoms with E-state index in [0.29, 0.717) is 19.8 Å². The van der Waals surface area contributed by atoms with Crippen LogP contribution in [0.15, 0.2) is 30.5 Å². The number of piperazine rings is 1. The van der Waals surface area contributed by atoms with Crippen molar-refractivity contribution in [2.24, 2.45) is 5.73 Å². The number of ether oxygens (including phenoxy) is 1. The van der Waals surface area contributed by atoms with E-state index in [4.69, 9.17) is 26.4 Å². The number of nitrogens with zero attached hydrogens (tertiary/aromatic N) is 5. The molecule has 0 spiro atoms. The summed E-state index contributed by atoms with van der Waals surface area (Å²) < 4.78 is 7.91. The van der Waals surface area contributed by atoms with Crippen molar-refractivity contribution in [2.45, 2.75) is 63.9 Å². The van der Waals surface area contributed by atoms with Crippen LogP contribution < -0.4 is 22.1 Å². The number of aryl methyl sites for hydroxylation is 1. The van der Waals surface area contributed by atoms with Gasteiger partial charge in [0.25, 0.3) is 0 Å². The molecule has 15 nitrogen and oxygen atoms in total. The Morgan fingerprint density at radius 1 is 1.02 bits per heavy atom. The van der Waals surface area contributed by atoms with Gasteiger partial charge < -0.3 is 41.6 Å². The minimum atomic E-state index is -1.20. The Bertz CT molecular complexity index is 1600. The van der Waals surface area contributed by atoms with Crippen LogP contribution >= 0.6 is 11.8 Å². The molecule has 1 amide bonds. The van der Waals surface area contributed by atoms with Gasteiger partial charge in [0.1, 0.15) is 11.6 Å². The van der Waals surface area contributed by atoms with Crippen molar-refractivity contribution in [1.29, 1.82) is 0 Å². The summed E-state index contributed by atoms with van der Waals surface area (Å²) in [7, 11) is 0. The third-order valence-corrected chi connectivity index (χ3v) is 10.2. The highest BCUT2D eigenvalue weighted by atomic mass is 32.2. The number of unbranched alkanes of at least 4 members (excludes halogenated alkanes) is 2. The van der Waals surface area contributed by atoms with E-state index in [-0.39, 0.29) is 18.2 Å². The molecule has 280 valence electrons. The first kappa shape index (κ1) is 39.8. The summed E-state index contributed by atoms with van der Waals surface area (Å²) in [6, 6.07) is 7.55. The monoisotopic (exact) mass is 727 g/mol. The van der Waals surface area contributed by atoms with Crippen LogP contribution in [-0.4, -0.2) is 128 Å². The maximum atomic E-state index is 12.4. The number of nitrogens with two attached hydrogens (primary N) is 2. The molecule has 1 saturated heterocycles. The normalized spacial score (nSPS) is 15.1. The second-order valence-corrected chi connectivity index (χ2v) is 14.1. The molecule has 1 aliphatic rings. The van der Waals surface area contributed by atoms with Crippen LogP contribution in [0.1, 0.15) is 49.3 Å². The number of aromatic nitrogens is 3. The first-order chi connectivity index (χ1) is 24.5. The van der Waals surface area contributed by atoms with Crippen molar-refractivity contribution in [3.8, 4) is 0 Å². The number of carbonyl (C=O) groups excluding carboxylic acids is 1. The highest BCUT2D eigenvalue weighted by molar-refractivity contribution is 8.00. The molecule has 1 fully saturated rings. The Hall–Kier alpha value is -3.96. The molecular weight excluding hydrogens is 675 g/mol. The summed E-state index contributed by atoms with van der Waals surface area (Å²) in [6.07, 6.45) is 5.03. The molecule has 4 rings (SSSR count). The van der Waals surface area contributed by atoms with Crippen LogP contribution in [0.25, 0.3) is 11.0 Å². The predicted octanol–water partition coefficient (Wildman–Crippen LogP) is 2.21. The van der Waals surface area contributed by atoms with Crippen LogP contribution in [0.2, 0.25) is 0 Å². The molecular formula is C35H53N9O6S. The average Bonchev–Trinajstić information content (AvgIpc) is 3.50. The SMILES string of the molecule is CCCCCNc1nc(N)nc2ccn(Cc3ccc(CN4CCN(CCOCCNC(=O)C(CC(=O)O)SC[C@H](N)C(=O)O)CC4)cc3C)c12. The highest BCUT2D eigenvalue weighted by Gasteiger charge is 2.24. The van der Waals surface area contributed by atoms with Crippen molar-refractivity contribution in [3.63, 3.8) is 0 Å². The van der Waals surface area contributed by atoms with Crippen molar-refractivity contribution in [1.82, 2.24) is 29.7 Å².